The Hall–Kier alpha value is -3.32. The zero-order valence-electron chi connectivity index (χ0n) is 17.4. The summed E-state index contributed by atoms with van der Waals surface area (Å²) in [5, 5.41) is 3.24. The molecule has 0 atom stereocenters. The Bertz CT molecular complexity index is 1150. The van der Waals surface area contributed by atoms with Crippen LogP contribution < -0.4 is 5.32 Å². The van der Waals surface area contributed by atoms with E-state index in [4.69, 9.17) is 9.97 Å². The van der Waals surface area contributed by atoms with Gasteiger partial charge in [-0.3, -0.25) is 4.40 Å². The van der Waals surface area contributed by atoms with Crippen molar-refractivity contribution in [2.45, 2.75) is 19.9 Å². The van der Waals surface area contributed by atoms with Crippen LogP contribution in [0.25, 0.3) is 28.3 Å². The third-order valence-electron chi connectivity index (χ3n) is 4.74. The summed E-state index contributed by atoms with van der Waals surface area (Å²) in [5.74, 6) is 0.309. The summed E-state index contributed by atoms with van der Waals surface area (Å²) in [6, 6.07) is 12.4. The Morgan fingerprint density at radius 3 is 2.60 bits per heavy atom. The molecule has 0 spiro atoms. The largest absolute Gasteiger partial charge is 0.354 e. The highest BCUT2D eigenvalue weighted by atomic mass is 19.1. The average Bonchev–Trinajstić information content (AvgIpc) is 3.11. The molecule has 0 saturated heterocycles. The molecule has 0 amide bonds. The number of halogens is 1. The van der Waals surface area contributed by atoms with Crippen molar-refractivity contribution in [3.8, 4) is 22.6 Å². The van der Waals surface area contributed by atoms with E-state index >= 15 is 0 Å². The van der Waals surface area contributed by atoms with Crippen molar-refractivity contribution in [3.63, 3.8) is 0 Å². The molecule has 7 heteroatoms. The Morgan fingerprint density at radius 2 is 1.87 bits per heavy atom. The highest BCUT2D eigenvalue weighted by molar-refractivity contribution is 5.80. The molecule has 0 aliphatic heterocycles. The highest BCUT2D eigenvalue weighted by Gasteiger charge is 2.18. The lowest BCUT2D eigenvalue weighted by Crippen LogP contribution is -2.10. The fourth-order valence-corrected chi connectivity index (χ4v) is 3.42. The van der Waals surface area contributed by atoms with Crippen LogP contribution in [0.15, 0.2) is 54.9 Å². The third-order valence-corrected chi connectivity index (χ3v) is 4.74. The molecule has 4 aromatic rings. The van der Waals surface area contributed by atoms with E-state index in [1.807, 2.05) is 30.8 Å². The first-order chi connectivity index (χ1) is 14.5. The van der Waals surface area contributed by atoms with Gasteiger partial charge in [-0.15, -0.1) is 0 Å². The van der Waals surface area contributed by atoms with Gasteiger partial charge in [-0.25, -0.2) is 19.3 Å². The van der Waals surface area contributed by atoms with Crippen molar-refractivity contribution in [1.29, 1.82) is 0 Å². The zero-order valence-corrected chi connectivity index (χ0v) is 17.4. The smallest absolute Gasteiger partial charge is 0.223 e. The quantitative estimate of drug-likeness (QED) is 0.492. The summed E-state index contributed by atoms with van der Waals surface area (Å²) < 4.78 is 15.5. The second-order valence-electron chi connectivity index (χ2n) is 7.51. The van der Waals surface area contributed by atoms with Gasteiger partial charge in [0.2, 0.25) is 5.95 Å². The van der Waals surface area contributed by atoms with Crippen molar-refractivity contribution >= 4 is 11.6 Å². The molecule has 0 bridgehead atoms. The minimum atomic E-state index is -0.273. The van der Waals surface area contributed by atoms with E-state index in [-0.39, 0.29) is 5.82 Å². The fraction of sp³-hybridized carbons (Fsp3) is 0.261. The van der Waals surface area contributed by atoms with Crippen molar-refractivity contribution < 1.29 is 4.39 Å². The van der Waals surface area contributed by atoms with Gasteiger partial charge in [-0.05, 0) is 68.5 Å². The molecule has 1 N–H and O–H groups in total. The summed E-state index contributed by atoms with van der Waals surface area (Å²) in [6.45, 7) is 3.72. The topological polar surface area (TPSA) is 58.4 Å². The fourth-order valence-electron chi connectivity index (χ4n) is 3.42. The zero-order chi connectivity index (χ0) is 21.1. The predicted octanol–water partition coefficient (Wildman–Crippen LogP) is 4.48. The summed E-state index contributed by atoms with van der Waals surface area (Å²) in [4.78, 5) is 16.0. The van der Waals surface area contributed by atoms with Gasteiger partial charge in [0.15, 0.2) is 0 Å². The highest BCUT2D eigenvalue weighted by Crippen LogP contribution is 2.32. The van der Waals surface area contributed by atoms with Crippen LogP contribution in [0.4, 0.5) is 10.3 Å². The molecule has 3 heterocycles. The maximum atomic E-state index is 13.5. The van der Waals surface area contributed by atoms with Gasteiger partial charge >= 0.3 is 0 Å². The number of fused-ring (bicyclic) bond motifs is 1. The average molecular weight is 404 g/mol. The van der Waals surface area contributed by atoms with Gasteiger partial charge < -0.3 is 10.2 Å². The SMILES string of the molecule is CCCNc1nccc(-c2c(-c3ccc(F)cc3)nc3cc(CN(C)C)ccn23)n1. The number of aromatic nitrogens is 4. The van der Waals surface area contributed by atoms with Crippen LogP contribution in [0.2, 0.25) is 0 Å². The number of benzene rings is 1. The molecule has 0 aliphatic rings. The Balaban J connectivity index is 1.89. The molecule has 0 unspecified atom stereocenters. The Kier molecular flexibility index (Phi) is 5.72. The van der Waals surface area contributed by atoms with Gasteiger partial charge in [0.05, 0.1) is 17.1 Å². The molecule has 4 rings (SSSR count). The van der Waals surface area contributed by atoms with Crippen molar-refractivity contribution in [2.75, 3.05) is 26.0 Å². The molecule has 0 aliphatic carbocycles. The number of hydrogen-bond acceptors (Lipinski definition) is 5. The molecule has 1 aromatic carbocycles. The van der Waals surface area contributed by atoms with Gasteiger partial charge in [0.25, 0.3) is 0 Å². The lowest BCUT2D eigenvalue weighted by Gasteiger charge is -2.10. The number of pyridine rings is 1. The molecule has 154 valence electrons. The second-order valence-corrected chi connectivity index (χ2v) is 7.51. The van der Waals surface area contributed by atoms with Gasteiger partial charge in [0, 0.05) is 31.0 Å². The summed E-state index contributed by atoms with van der Waals surface area (Å²) >= 11 is 0. The standard InChI is InChI=1S/C23H25FN6/c1-4-11-25-23-26-12-9-19(27-23)22-21(17-5-7-18(24)8-6-17)28-20-14-16(15-29(2)3)10-13-30(20)22/h5-10,12-14H,4,11,15H2,1-3H3,(H,25,26,27). The molecule has 0 fully saturated rings. The van der Waals surface area contributed by atoms with Crippen LogP contribution in [-0.4, -0.2) is 44.9 Å². The monoisotopic (exact) mass is 404 g/mol. The molecule has 30 heavy (non-hydrogen) atoms. The minimum Gasteiger partial charge on any atom is -0.354 e. The van der Waals surface area contributed by atoms with Crippen LogP contribution in [-0.2, 0) is 6.54 Å². The lowest BCUT2D eigenvalue weighted by molar-refractivity contribution is 0.402. The van der Waals surface area contributed by atoms with Crippen molar-refractivity contribution in [3.05, 3.63) is 66.2 Å². The minimum absolute atomic E-state index is 0.273. The molecular formula is C23H25FN6. The second kappa shape index (κ2) is 8.59. The van der Waals surface area contributed by atoms with Crippen LogP contribution >= 0.6 is 0 Å². The third kappa shape index (κ3) is 4.16. The lowest BCUT2D eigenvalue weighted by atomic mass is 10.1. The van der Waals surface area contributed by atoms with E-state index in [0.29, 0.717) is 5.95 Å². The summed E-state index contributed by atoms with van der Waals surface area (Å²) in [5.41, 5.74) is 5.21. The summed E-state index contributed by atoms with van der Waals surface area (Å²) in [7, 11) is 4.08. The first kappa shape index (κ1) is 20.0. The number of nitrogens with zero attached hydrogens (tertiary/aromatic N) is 5. The molecule has 6 nitrogen and oxygen atoms in total. The summed E-state index contributed by atoms with van der Waals surface area (Å²) in [6.07, 6.45) is 4.75. The van der Waals surface area contributed by atoms with Crippen LogP contribution in [0.3, 0.4) is 0 Å². The van der Waals surface area contributed by atoms with E-state index in [1.165, 1.54) is 17.7 Å². The number of anilines is 1. The number of imidazole rings is 1. The van der Waals surface area contributed by atoms with Gasteiger partial charge in [-0.2, -0.15) is 0 Å². The van der Waals surface area contributed by atoms with Crippen LogP contribution in [0, 0.1) is 5.82 Å². The molecule has 3 aromatic heterocycles. The number of rotatable bonds is 7. The first-order valence-electron chi connectivity index (χ1n) is 10.0. The maximum absolute atomic E-state index is 13.5. The van der Waals surface area contributed by atoms with Crippen molar-refractivity contribution in [2.24, 2.45) is 0 Å². The first-order valence-corrected chi connectivity index (χ1v) is 10.0. The predicted molar refractivity (Wildman–Crippen MR) is 118 cm³/mol. The van der Waals surface area contributed by atoms with Crippen molar-refractivity contribution in [1.82, 2.24) is 24.3 Å². The maximum Gasteiger partial charge on any atom is 0.223 e. The van der Waals surface area contributed by atoms with Crippen LogP contribution in [0.5, 0.6) is 0 Å². The van der Waals surface area contributed by atoms with Gasteiger partial charge in [-0.1, -0.05) is 6.92 Å². The van der Waals surface area contributed by atoms with E-state index in [2.05, 4.69) is 34.3 Å². The van der Waals surface area contributed by atoms with Gasteiger partial charge in [0.1, 0.15) is 11.5 Å². The van der Waals surface area contributed by atoms with E-state index in [0.717, 1.165) is 47.8 Å². The van der Waals surface area contributed by atoms with Crippen LogP contribution in [0.1, 0.15) is 18.9 Å². The van der Waals surface area contributed by atoms with E-state index in [1.54, 1.807) is 18.3 Å². The molecular weight excluding hydrogens is 379 g/mol. The normalized spacial score (nSPS) is 11.4. The molecule has 0 saturated carbocycles. The number of hydrogen-bond donors (Lipinski definition) is 1. The molecule has 0 radical (unpaired) electrons. The Labute approximate surface area is 175 Å². The number of nitrogens with one attached hydrogen (secondary N) is 1. The Morgan fingerprint density at radius 1 is 1.07 bits per heavy atom. The van der Waals surface area contributed by atoms with E-state index in [9.17, 15) is 4.39 Å². The van der Waals surface area contributed by atoms with E-state index < -0.39 is 0 Å².